The number of hydrogen-bond donors (Lipinski definition) is 0. The highest BCUT2D eigenvalue weighted by Crippen LogP contribution is 2.39. The van der Waals surface area contributed by atoms with Crippen LogP contribution in [-0.4, -0.2) is 38.2 Å². The standard InChI is InChI=1S/C28H28N2O7S/c1-5-7-19-24(27(32)35-6-2)25(16-8-10-21-22(13-16)37-15-36-21)30-26(31)23(38-28(30)29-19)14-17-12-18(33-3)9-11-20(17)34-4/h8-14,25H,5-7,15H2,1-4H3/b23-14-. The van der Waals surface area contributed by atoms with Crippen LogP contribution in [0.5, 0.6) is 23.0 Å². The van der Waals surface area contributed by atoms with Crippen LogP contribution < -0.4 is 33.8 Å². The van der Waals surface area contributed by atoms with Crippen LogP contribution >= 0.6 is 11.3 Å². The lowest BCUT2D eigenvalue weighted by Crippen LogP contribution is -2.40. The first-order chi connectivity index (χ1) is 18.5. The molecular weight excluding hydrogens is 508 g/mol. The van der Waals surface area contributed by atoms with Gasteiger partial charge in [-0.1, -0.05) is 30.7 Å². The van der Waals surface area contributed by atoms with Crippen molar-refractivity contribution in [1.29, 1.82) is 0 Å². The van der Waals surface area contributed by atoms with E-state index in [1.807, 2.05) is 19.1 Å². The molecule has 9 nitrogen and oxygen atoms in total. The SMILES string of the molecule is CCCC1=C(C(=O)OCC)C(c2ccc3c(c2)OCO3)n2c(s/c(=C\c3cc(OC)ccc3OC)c2=O)=N1. The minimum absolute atomic E-state index is 0.117. The van der Waals surface area contributed by atoms with Gasteiger partial charge in [-0.2, -0.15) is 0 Å². The molecule has 2 aromatic carbocycles. The molecule has 0 fully saturated rings. The van der Waals surface area contributed by atoms with Crippen molar-refractivity contribution in [2.75, 3.05) is 27.6 Å². The summed E-state index contributed by atoms with van der Waals surface area (Å²) < 4.78 is 29.4. The molecular formula is C28H28N2O7S. The minimum atomic E-state index is -0.740. The molecule has 2 aliphatic rings. The molecule has 198 valence electrons. The Hall–Kier alpha value is -4.05. The van der Waals surface area contributed by atoms with Crippen LogP contribution in [0.3, 0.4) is 0 Å². The number of hydrogen-bond acceptors (Lipinski definition) is 9. The minimum Gasteiger partial charge on any atom is -0.497 e. The summed E-state index contributed by atoms with van der Waals surface area (Å²) in [5, 5.41) is 0. The largest absolute Gasteiger partial charge is 0.497 e. The first-order valence-electron chi connectivity index (χ1n) is 12.3. The molecule has 2 aliphatic heterocycles. The lowest BCUT2D eigenvalue weighted by atomic mass is 9.94. The molecule has 1 aromatic heterocycles. The monoisotopic (exact) mass is 536 g/mol. The Morgan fingerprint density at radius 2 is 1.95 bits per heavy atom. The van der Waals surface area contributed by atoms with Gasteiger partial charge in [-0.25, -0.2) is 9.79 Å². The molecule has 0 N–H and O–H groups in total. The van der Waals surface area contributed by atoms with Crippen molar-refractivity contribution in [3.05, 3.63) is 78.5 Å². The number of allylic oxidation sites excluding steroid dienone is 1. The topological polar surface area (TPSA) is 97.6 Å². The van der Waals surface area contributed by atoms with Crippen LogP contribution in [-0.2, 0) is 9.53 Å². The van der Waals surface area contributed by atoms with Gasteiger partial charge in [0.15, 0.2) is 16.3 Å². The summed E-state index contributed by atoms with van der Waals surface area (Å²) >= 11 is 1.26. The van der Waals surface area contributed by atoms with E-state index in [9.17, 15) is 9.59 Å². The Kier molecular flexibility index (Phi) is 7.24. The molecule has 0 saturated heterocycles. The quantitative estimate of drug-likeness (QED) is 0.408. The van der Waals surface area contributed by atoms with E-state index in [0.29, 0.717) is 61.1 Å². The number of esters is 1. The highest BCUT2D eigenvalue weighted by atomic mass is 32.1. The Morgan fingerprint density at radius 1 is 1.13 bits per heavy atom. The number of methoxy groups -OCH3 is 2. The van der Waals surface area contributed by atoms with Crippen LogP contribution in [0.25, 0.3) is 6.08 Å². The first-order valence-corrected chi connectivity index (χ1v) is 13.1. The third kappa shape index (κ3) is 4.56. The van der Waals surface area contributed by atoms with Crippen LogP contribution in [0.2, 0.25) is 0 Å². The number of rotatable bonds is 8. The Morgan fingerprint density at radius 3 is 2.68 bits per heavy atom. The maximum absolute atomic E-state index is 14.0. The summed E-state index contributed by atoms with van der Waals surface area (Å²) in [5.74, 6) is 1.91. The van der Waals surface area contributed by atoms with Gasteiger partial charge in [0.25, 0.3) is 5.56 Å². The smallest absolute Gasteiger partial charge is 0.338 e. The van der Waals surface area contributed by atoms with Gasteiger partial charge in [0, 0.05) is 5.56 Å². The van der Waals surface area contributed by atoms with Crippen molar-refractivity contribution in [3.8, 4) is 23.0 Å². The third-order valence-electron chi connectivity index (χ3n) is 6.33. The molecule has 3 aromatic rings. The van der Waals surface area contributed by atoms with Gasteiger partial charge in [0.2, 0.25) is 6.79 Å². The van der Waals surface area contributed by atoms with E-state index in [1.54, 1.807) is 56.1 Å². The first kappa shape index (κ1) is 25.6. The second kappa shape index (κ2) is 10.7. The highest BCUT2D eigenvalue weighted by molar-refractivity contribution is 7.07. The van der Waals surface area contributed by atoms with E-state index in [0.717, 1.165) is 6.42 Å². The van der Waals surface area contributed by atoms with E-state index in [4.69, 9.17) is 28.7 Å². The zero-order valence-corrected chi connectivity index (χ0v) is 22.4. The molecule has 10 heteroatoms. The Bertz CT molecular complexity index is 1600. The van der Waals surface area contributed by atoms with Gasteiger partial charge in [0.1, 0.15) is 11.5 Å². The summed E-state index contributed by atoms with van der Waals surface area (Å²) in [6, 6.07) is 10.1. The summed E-state index contributed by atoms with van der Waals surface area (Å²) in [6.07, 6.45) is 3.09. The molecule has 1 unspecified atom stereocenters. The zero-order chi connectivity index (χ0) is 26.8. The average Bonchev–Trinajstić information content (AvgIpc) is 3.51. The summed E-state index contributed by atoms with van der Waals surface area (Å²) in [7, 11) is 3.15. The van der Waals surface area contributed by atoms with Crippen LogP contribution in [0.4, 0.5) is 0 Å². The van der Waals surface area contributed by atoms with Gasteiger partial charge < -0.3 is 23.7 Å². The fraction of sp³-hybridized carbons (Fsp3) is 0.321. The zero-order valence-electron chi connectivity index (χ0n) is 21.6. The number of nitrogens with zero attached hydrogens (tertiary/aromatic N) is 2. The van der Waals surface area contributed by atoms with Crippen molar-refractivity contribution in [3.63, 3.8) is 0 Å². The molecule has 0 spiro atoms. The molecule has 1 atom stereocenters. The number of carbonyl (C=O) groups is 1. The van der Waals surface area contributed by atoms with Crippen LogP contribution in [0.15, 0.2) is 57.5 Å². The van der Waals surface area contributed by atoms with Crippen molar-refractivity contribution in [2.24, 2.45) is 4.99 Å². The highest BCUT2D eigenvalue weighted by Gasteiger charge is 2.35. The fourth-order valence-corrected chi connectivity index (χ4v) is 5.62. The second-order valence-electron chi connectivity index (χ2n) is 8.63. The van der Waals surface area contributed by atoms with E-state index < -0.39 is 12.0 Å². The lowest BCUT2D eigenvalue weighted by molar-refractivity contribution is -0.139. The molecule has 0 radical (unpaired) electrons. The molecule has 5 rings (SSSR count). The number of benzene rings is 2. The lowest BCUT2D eigenvalue weighted by Gasteiger charge is -2.25. The molecule has 0 amide bonds. The van der Waals surface area contributed by atoms with Crippen molar-refractivity contribution < 1.29 is 28.5 Å². The van der Waals surface area contributed by atoms with Gasteiger partial charge in [-0.05, 0) is 55.3 Å². The van der Waals surface area contributed by atoms with Crippen LogP contribution in [0.1, 0.15) is 43.9 Å². The van der Waals surface area contributed by atoms with Crippen molar-refractivity contribution in [1.82, 2.24) is 4.57 Å². The fourth-order valence-electron chi connectivity index (χ4n) is 4.61. The number of carbonyl (C=O) groups excluding carboxylic acids is 1. The molecule has 0 saturated carbocycles. The Balaban J connectivity index is 1.76. The van der Waals surface area contributed by atoms with Gasteiger partial charge in [-0.15, -0.1) is 0 Å². The van der Waals surface area contributed by atoms with E-state index in [1.165, 1.54) is 11.3 Å². The normalized spacial score (nSPS) is 16.2. The predicted octanol–water partition coefficient (Wildman–Crippen LogP) is 3.32. The van der Waals surface area contributed by atoms with E-state index in [2.05, 4.69) is 0 Å². The summed E-state index contributed by atoms with van der Waals surface area (Å²) in [4.78, 5) is 32.6. The predicted molar refractivity (Wildman–Crippen MR) is 142 cm³/mol. The molecule has 3 heterocycles. The van der Waals surface area contributed by atoms with Crippen LogP contribution in [0, 0.1) is 0 Å². The average molecular weight is 537 g/mol. The maximum Gasteiger partial charge on any atom is 0.338 e. The molecule has 0 aliphatic carbocycles. The number of thiazole rings is 1. The number of ether oxygens (including phenoxy) is 5. The van der Waals surface area contributed by atoms with Crippen molar-refractivity contribution >= 4 is 23.4 Å². The molecule has 0 bridgehead atoms. The third-order valence-corrected chi connectivity index (χ3v) is 7.31. The van der Waals surface area contributed by atoms with Gasteiger partial charge in [0.05, 0.1) is 42.7 Å². The summed E-state index contributed by atoms with van der Waals surface area (Å²) in [5.41, 5.74) is 2.08. The summed E-state index contributed by atoms with van der Waals surface area (Å²) in [6.45, 7) is 4.09. The Labute approximate surface area is 223 Å². The van der Waals surface area contributed by atoms with Gasteiger partial charge >= 0.3 is 5.97 Å². The van der Waals surface area contributed by atoms with Crippen molar-refractivity contribution in [2.45, 2.75) is 32.7 Å². The molecule has 38 heavy (non-hydrogen) atoms. The number of aromatic nitrogens is 1. The maximum atomic E-state index is 14.0. The van der Waals surface area contributed by atoms with E-state index in [-0.39, 0.29) is 19.0 Å². The number of fused-ring (bicyclic) bond motifs is 2. The van der Waals surface area contributed by atoms with Gasteiger partial charge in [-0.3, -0.25) is 9.36 Å². The van der Waals surface area contributed by atoms with E-state index >= 15 is 0 Å². The second-order valence-corrected chi connectivity index (χ2v) is 9.64.